The fraction of sp³-hybridized carbons (Fsp3) is 0.727. The van der Waals surface area contributed by atoms with E-state index >= 15 is 0 Å². The number of rotatable bonds is 8. The monoisotopic (exact) mass is 228 g/mol. The third-order valence-corrected chi connectivity index (χ3v) is 2.63. The van der Waals surface area contributed by atoms with Crippen LogP contribution in [0.25, 0.3) is 0 Å². The zero-order valence-corrected chi connectivity index (χ0v) is 10.3. The Morgan fingerprint density at radius 1 is 1.53 bits per heavy atom. The Hall–Kier alpha value is -0.450. The maximum Gasteiger partial charge on any atom is 0.106 e. The van der Waals surface area contributed by atoms with Gasteiger partial charge in [-0.2, -0.15) is 0 Å². The Bertz CT molecular complexity index is 237. The van der Waals surface area contributed by atoms with E-state index in [1.54, 1.807) is 11.3 Å². The van der Waals surface area contributed by atoms with Crippen molar-refractivity contribution < 1.29 is 4.74 Å². The summed E-state index contributed by atoms with van der Waals surface area (Å²) in [5.74, 6) is 0.633. The second kappa shape index (κ2) is 7.79. The molecular weight excluding hydrogens is 208 g/mol. The van der Waals surface area contributed by atoms with E-state index in [0.29, 0.717) is 5.92 Å². The number of hydrogen-bond acceptors (Lipinski definition) is 4. The van der Waals surface area contributed by atoms with Gasteiger partial charge in [0.2, 0.25) is 0 Å². The van der Waals surface area contributed by atoms with Crippen LogP contribution in [-0.4, -0.2) is 24.7 Å². The van der Waals surface area contributed by atoms with Crippen LogP contribution in [0.5, 0.6) is 0 Å². The van der Waals surface area contributed by atoms with Crippen LogP contribution >= 0.6 is 11.3 Å². The molecule has 3 nitrogen and oxygen atoms in total. The van der Waals surface area contributed by atoms with Gasteiger partial charge in [0.15, 0.2) is 0 Å². The van der Waals surface area contributed by atoms with E-state index in [0.717, 1.165) is 37.7 Å². The maximum atomic E-state index is 5.48. The summed E-state index contributed by atoms with van der Waals surface area (Å²) in [6.45, 7) is 7.93. The summed E-state index contributed by atoms with van der Waals surface area (Å²) in [4.78, 5) is 4.20. The minimum absolute atomic E-state index is 0.633. The topological polar surface area (TPSA) is 34.1 Å². The van der Waals surface area contributed by atoms with E-state index in [2.05, 4.69) is 24.1 Å². The molecule has 0 aliphatic carbocycles. The van der Waals surface area contributed by atoms with E-state index in [4.69, 9.17) is 4.74 Å². The Kier molecular flexibility index (Phi) is 6.55. The molecule has 86 valence electrons. The third kappa shape index (κ3) is 6.60. The average Bonchev–Trinajstić information content (AvgIpc) is 2.68. The SMILES string of the molecule is CC(C)COCCCNCc1nccs1. The van der Waals surface area contributed by atoms with Gasteiger partial charge in [-0.1, -0.05) is 13.8 Å². The van der Waals surface area contributed by atoms with Gasteiger partial charge in [0.1, 0.15) is 5.01 Å². The summed E-state index contributed by atoms with van der Waals surface area (Å²) in [6, 6.07) is 0. The first-order valence-electron chi connectivity index (χ1n) is 5.46. The van der Waals surface area contributed by atoms with Crippen LogP contribution in [0.3, 0.4) is 0 Å². The van der Waals surface area contributed by atoms with Gasteiger partial charge < -0.3 is 10.1 Å². The highest BCUT2D eigenvalue weighted by molar-refractivity contribution is 7.09. The molecule has 15 heavy (non-hydrogen) atoms. The Morgan fingerprint density at radius 3 is 3.07 bits per heavy atom. The summed E-state index contributed by atoms with van der Waals surface area (Å²) in [6.07, 6.45) is 2.91. The van der Waals surface area contributed by atoms with Gasteiger partial charge in [-0.05, 0) is 18.9 Å². The van der Waals surface area contributed by atoms with Gasteiger partial charge in [0.25, 0.3) is 0 Å². The minimum Gasteiger partial charge on any atom is -0.381 e. The molecule has 4 heteroatoms. The standard InChI is InChI=1S/C11H20N2OS/c1-10(2)9-14-6-3-4-12-8-11-13-5-7-15-11/h5,7,10,12H,3-4,6,8-9H2,1-2H3. The quantitative estimate of drug-likeness (QED) is 0.693. The zero-order valence-electron chi connectivity index (χ0n) is 9.53. The molecule has 1 rings (SSSR count). The molecule has 0 aromatic carbocycles. The van der Waals surface area contributed by atoms with Crippen LogP contribution < -0.4 is 5.32 Å². The molecule has 0 bridgehead atoms. The van der Waals surface area contributed by atoms with Crippen molar-refractivity contribution in [1.82, 2.24) is 10.3 Å². The normalized spacial score (nSPS) is 11.1. The summed E-state index contributed by atoms with van der Waals surface area (Å²) >= 11 is 1.69. The predicted octanol–water partition coefficient (Wildman–Crippen LogP) is 2.30. The molecule has 1 aromatic rings. The van der Waals surface area contributed by atoms with Gasteiger partial charge in [0.05, 0.1) is 0 Å². The molecule has 0 saturated heterocycles. The molecule has 0 aliphatic rings. The third-order valence-electron chi connectivity index (χ3n) is 1.85. The van der Waals surface area contributed by atoms with Crippen molar-refractivity contribution >= 4 is 11.3 Å². The van der Waals surface area contributed by atoms with Crippen molar-refractivity contribution in [3.05, 3.63) is 16.6 Å². The van der Waals surface area contributed by atoms with Gasteiger partial charge in [-0.3, -0.25) is 0 Å². The van der Waals surface area contributed by atoms with Crippen LogP contribution in [0.1, 0.15) is 25.3 Å². The lowest BCUT2D eigenvalue weighted by atomic mass is 10.2. The Morgan fingerprint density at radius 2 is 2.40 bits per heavy atom. The van der Waals surface area contributed by atoms with Crippen LogP contribution in [0.2, 0.25) is 0 Å². The molecule has 0 saturated carbocycles. The summed E-state index contributed by atoms with van der Waals surface area (Å²) in [5.41, 5.74) is 0. The number of ether oxygens (including phenoxy) is 1. The number of thiazole rings is 1. The molecule has 0 atom stereocenters. The first-order chi connectivity index (χ1) is 7.29. The number of hydrogen-bond donors (Lipinski definition) is 1. The highest BCUT2D eigenvalue weighted by Crippen LogP contribution is 2.02. The lowest BCUT2D eigenvalue weighted by Crippen LogP contribution is -2.16. The number of nitrogens with zero attached hydrogens (tertiary/aromatic N) is 1. The van der Waals surface area contributed by atoms with Crippen molar-refractivity contribution in [2.24, 2.45) is 5.92 Å². The van der Waals surface area contributed by atoms with Crippen LogP contribution in [0.15, 0.2) is 11.6 Å². The van der Waals surface area contributed by atoms with Crippen molar-refractivity contribution in [2.75, 3.05) is 19.8 Å². The number of nitrogens with one attached hydrogen (secondary N) is 1. The minimum atomic E-state index is 0.633. The predicted molar refractivity (Wildman–Crippen MR) is 64.1 cm³/mol. The molecule has 1 aromatic heterocycles. The molecule has 0 unspecified atom stereocenters. The van der Waals surface area contributed by atoms with Crippen molar-refractivity contribution in [3.63, 3.8) is 0 Å². The van der Waals surface area contributed by atoms with Gasteiger partial charge in [-0.25, -0.2) is 4.98 Å². The second-order valence-corrected chi connectivity index (χ2v) is 4.90. The fourth-order valence-electron chi connectivity index (χ4n) is 1.15. The van der Waals surface area contributed by atoms with Crippen molar-refractivity contribution in [1.29, 1.82) is 0 Å². The van der Waals surface area contributed by atoms with Crippen LogP contribution in [-0.2, 0) is 11.3 Å². The highest BCUT2D eigenvalue weighted by atomic mass is 32.1. The average molecular weight is 228 g/mol. The molecule has 0 fully saturated rings. The van der Waals surface area contributed by atoms with Crippen LogP contribution in [0.4, 0.5) is 0 Å². The van der Waals surface area contributed by atoms with Crippen molar-refractivity contribution in [2.45, 2.75) is 26.8 Å². The summed E-state index contributed by atoms with van der Waals surface area (Å²) < 4.78 is 5.48. The largest absolute Gasteiger partial charge is 0.381 e. The lowest BCUT2D eigenvalue weighted by molar-refractivity contribution is 0.108. The van der Waals surface area contributed by atoms with E-state index in [9.17, 15) is 0 Å². The van der Waals surface area contributed by atoms with Crippen molar-refractivity contribution in [3.8, 4) is 0 Å². The molecule has 1 N–H and O–H groups in total. The lowest BCUT2D eigenvalue weighted by Gasteiger charge is -2.06. The fourth-order valence-corrected chi connectivity index (χ4v) is 1.74. The first kappa shape index (κ1) is 12.6. The summed E-state index contributed by atoms with van der Waals surface area (Å²) in [7, 11) is 0. The van der Waals surface area contributed by atoms with E-state index < -0.39 is 0 Å². The van der Waals surface area contributed by atoms with E-state index in [1.807, 2.05) is 11.6 Å². The maximum absolute atomic E-state index is 5.48. The van der Waals surface area contributed by atoms with Gasteiger partial charge in [-0.15, -0.1) is 11.3 Å². The smallest absolute Gasteiger partial charge is 0.106 e. The molecular formula is C11H20N2OS. The second-order valence-electron chi connectivity index (χ2n) is 3.92. The Balaban J connectivity index is 1.85. The number of aromatic nitrogens is 1. The van der Waals surface area contributed by atoms with E-state index in [-0.39, 0.29) is 0 Å². The first-order valence-corrected chi connectivity index (χ1v) is 6.34. The molecule has 0 amide bonds. The van der Waals surface area contributed by atoms with Gasteiger partial charge in [0, 0.05) is 31.3 Å². The zero-order chi connectivity index (χ0) is 10.9. The summed E-state index contributed by atoms with van der Waals surface area (Å²) in [5, 5.41) is 6.50. The Labute approximate surface area is 95.9 Å². The van der Waals surface area contributed by atoms with Crippen LogP contribution in [0, 0.1) is 5.92 Å². The molecule has 1 heterocycles. The molecule has 0 aliphatic heterocycles. The molecule has 0 radical (unpaired) electrons. The van der Waals surface area contributed by atoms with Gasteiger partial charge >= 0.3 is 0 Å². The van der Waals surface area contributed by atoms with E-state index in [1.165, 1.54) is 0 Å². The molecule has 0 spiro atoms. The highest BCUT2D eigenvalue weighted by Gasteiger charge is 1.95.